The predicted octanol–water partition coefficient (Wildman–Crippen LogP) is 2.38. The Bertz CT molecular complexity index is 674. The van der Waals surface area contributed by atoms with Crippen LogP contribution in [0.25, 0.3) is 0 Å². The molecule has 8 nitrogen and oxygen atoms in total. The van der Waals surface area contributed by atoms with Crippen molar-refractivity contribution in [1.29, 1.82) is 0 Å². The number of halogens is 1. The molecule has 0 aliphatic carbocycles. The Hall–Kier alpha value is -2.13. The average molecular weight is 370 g/mol. The maximum atomic E-state index is 12.1. The van der Waals surface area contributed by atoms with Gasteiger partial charge in [-0.2, -0.15) is 5.10 Å². The zero-order chi connectivity index (χ0) is 16.1. The average Bonchev–Trinajstić information content (AvgIpc) is 2.79. The lowest BCUT2D eigenvalue weighted by Gasteiger charge is -2.10. The highest BCUT2D eigenvalue weighted by Gasteiger charge is 2.13. The summed E-state index contributed by atoms with van der Waals surface area (Å²) in [5.41, 5.74) is 1.66. The van der Waals surface area contributed by atoms with Crippen LogP contribution in [0.2, 0.25) is 0 Å². The van der Waals surface area contributed by atoms with Crippen molar-refractivity contribution >= 4 is 33.3 Å². The van der Waals surface area contributed by atoms with Crippen LogP contribution in [0.1, 0.15) is 5.69 Å². The Morgan fingerprint density at radius 1 is 1.36 bits per heavy atom. The smallest absolute Gasteiger partial charge is 0.323 e. The van der Waals surface area contributed by atoms with Crippen LogP contribution < -0.4 is 15.4 Å². The van der Waals surface area contributed by atoms with Gasteiger partial charge in [-0.15, -0.1) is 0 Å². The van der Waals surface area contributed by atoms with Gasteiger partial charge < -0.3 is 20.1 Å². The van der Waals surface area contributed by atoms with Crippen molar-refractivity contribution in [3.63, 3.8) is 0 Å². The monoisotopic (exact) mass is 369 g/mol. The topological polar surface area (TPSA) is 90.3 Å². The molecule has 0 aliphatic rings. The fraction of sp³-hybridized carbons (Fsp3) is 0.308. The number of ether oxygens (including phenoxy) is 2. The largest absolute Gasteiger partial charge is 0.480 e. The highest BCUT2D eigenvalue weighted by molar-refractivity contribution is 9.10. The number of nitrogens with one attached hydrogen (secondary N) is 2. The quantitative estimate of drug-likeness (QED) is 0.844. The summed E-state index contributed by atoms with van der Waals surface area (Å²) in [4.78, 5) is 16.2. The molecule has 0 radical (unpaired) electrons. The summed E-state index contributed by atoms with van der Waals surface area (Å²) in [6, 6.07) is 1.27. The number of hydrogen-bond donors (Lipinski definition) is 2. The molecule has 0 fully saturated rings. The van der Waals surface area contributed by atoms with E-state index in [2.05, 4.69) is 36.6 Å². The number of methoxy groups -OCH3 is 2. The van der Waals surface area contributed by atoms with Gasteiger partial charge >= 0.3 is 6.03 Å². The molecule has 0 unspecified atom stereocenters. The maximum Gasteiger partial charge on any atom is 0.323 e. The van der Waals surface area contributed by atoms with Crippen LogP contribution in [0.5, 0.6) is 5.88 Å². The van der Waals surface area contributed by atoms with Crippen molar-refractivity contribution in [1.82, 2.24) is 14.8 Å². The van der Waals surface area contributed by atoms with Crippen LogP contribution in [0.15, 0.2) is 22.9 Å². The highest BCUT2D eigenvalue weighted by atomic mass is 79.9. The van der Waals surface area contributed by atoms with Crippen molar-refractivity contribution < 1.29 is 14.3 Å². The summed E-state index contributed by atoms with van der Waals surface area (Å²) in [7, 11) is 4.82. The molecule has 0 spiro atoms. The van der Waals surface area contributed by atoms with Gasteiger partial charge in [-0.3, -0.25) is 4.68 Å². The Balaban J connectivity index is 2.12. The summed E-state index contributed by atoms with van der Waals surface area (Å²) >= 11 is 3.30. The first-order valence-corrected chi connectivity index (χ1v) is 7.11. The lowest BCUT2D eigenvalue weighted by Crippen LogP contribution is -2.20. The van der Waals surface area contributed by atoms with E-state index in [-0.39, 0.29) is 0 Å². The van der Waals surface area contributed by atoms with Crippen LogP contribution >= 0.6 is 15.9 Å². The second kappa shape index (κ2) is 7.23. The summed E-state index contributed by atoms with van der Waals surface area (Å²) in [5, 5.41) is 9.62. The minimum atomic E-state index is -0.427. The Morgan fingerprint density at radius 3 is 2.77 bits per heavy atom. The third-order valence-corrected chi connectivity index (χ3v) is 3.13. The predicted molar refractivity (Wildman–Crippen MR) is 85.1 cm³/mol. The molecule has 2 aromatic heterocycles. The Morgan fingerprint density at radius 2 is 2.09 bits per heavy atom. The van der Waals surface area contributed by atoms with E-state index in [0.717, 1.165) is 4.47 Å². The highest BCUT2D eigenvalue weighted by Crippen LogP contribution is 2.25. The lowest BCUT2D eigenvalue weighted by atomic mass is 10.4. The minimum absolute atomic E-state index is 0.304. The van der Waals surface area contributed by atoms with Gasteiger partial charge in [-0.1, -0.05) is 0 Å². The molecule has 0 aliphatic heterocycles. The number of pyridine rings is 1. The van der Waals surface area contributed by atoms with Gasteiger partial charge in [0, 0.05) is 31.0 Å². The van der Waals surface area contributed by atoms with Gasteiger partial charge in [0.15, 0.2) is 0 Å². The number of hydrogen-bond acceptors (Lipinski definition) is 5. The number of amides is 2. The summed E-state index contributed by atoms with van der Waals surface area (Å²) in [6.07, 6.45) is 3.28. The van der Waals surface area contributed by atoms with E-state index in [0.29, 0.717) is 29.6 Å². The van der Waals surface area contributed by atoms with Gasteiger partial charge in [0.25, 0.3) is 0 Å². The van der Waals surface area contributed by atoms with Crippen LogP contribution in [-0.2, 0) is 18.4 Å². The molecule has 2 aromatic rings. The second-order valence-electron chi connectivity index (χ2n) is 4.39. The van der Waals surface area contributed by atoms with E-state index in [9.17, 15) is 4.79 Å². The van der Waals surface area contributed by atoms with Gasteiger partial charge in [0.1, 0.15) is 11.4 Å². The van der Waals surface area contributed by atoms with Crippen LogP contribution in [-0.4, -0.2) is 35.0 Å². The fourth-order valence-corrected chi connectivity index (χ4v) is 2.17. The molecule has 2 rings (SSSR count). The Labute approximate surface area is 135 Å². The first-order valence-electron chi connectivity index (χ1n) is 6.32. The first kappa shape index (κ1) is 16.2. The number of urea groups is 1. The summed E-state index contributed by atoms with van der Waals surface area (Å²) < 4.78 is 12.5. The molecule has 0 atom stereocenters. The molecule has 0 bridgehead atoms. The van der Waals surface area contributed by atoms with Crippen molar-refractivity contribution in [3.05, 3.63) is 28.6 Å². The fourth-order valence-electron chi connectivity index (χ4n) is 1.84. The van der Waals surface area contributed by atoms with E-state index >= 15 is 0 Å². The maximum absolute atomic E-state index is 12.1. The normalized spacial score (nSPS) is 10.4. The van der Waals surface area contributed by atoms with Gasteiger partial charge in [-0.25, -0.2) is 9.78 Å². The molecule has 2 amide bonds. The number of carbonyl (C=O) groups is 1. The number of aryl methyl sites for hydroxylation is 1. The molecule has 2 N–H and O–H groups in total. The number of anilines is 2. The molecule has 0 saturated heterocycles. The number of carbonyl (C=O) groups excluding carboxylic acids is 1. The number of nitrogens with zero attached hydrogens (tertiary/aromatic N) is 3. The van der Waals surface area contributed by atoms with E-state index < -0.39 is 6.03 Å². The van der Waals surface area contributed by atoms with Crippen molar-refractivity contribution in [2.75, 3.05) is 24.9 Å². The van der Waals surface area contributed by atoms with Gasteiger partial charge in [-0.05, 0) is 22.0 Å². The Kier molecular flexibility index (Phi) is 5.34. The molecular formula is C13H16BrN5O3. The number of aromatic nitrogens is 3. The molecule has 9 heteroatoms. The molecule has 2 heterocycles. The lowest BCUT2D eigenvalue weighted by molar-refractivity contribution is 0.181. The van der Waals surface area contributed by atoms with E-state index in [1.165, 1.54) is 7.11 Å². The minimum Gasteiger partial charge on any atom is -0.480 e. The molecule has 0 aromatic carbocycles. The second-order valence-corrected chi connectivity index (χ2v) is 5.30. The molecule has 0 saturated carbocycles. The van der Waals surface area contributed by atoms with Crippen molar-refractivity contribution in [2.45, 2.75) is 6.61 Å². The third kappa shape index (κ3) is 3.95. The van der Waals surface area contributed by atoms with Crippen LogP contribution in [0, 0.1) is 0 Å². The van der Waals surface area contributed by atoms with Crippen LogP contribution in [0.3, 0.4) is 0 Å². The zero-order valence-electron chi connectivity index (χ0n) is 12.4. The summed E-state index contributed by atoms with van der Waals surface area (Å²) in [5.74, 6) is 0.321. The van der Waals surface area contributed by atoms with Crippen LogP contribution in [0.4, 0.5) is 16.2 Å². The van der Waals surface area contributed by atoms with E-state index in [4.69, 9.17) is 9.47 Å². The van der Waals surface area contributed by atoms with Crippen molar-refractivity contribution in [2.24, 2.45) is 7.05 Å². The molecular weight excluding hydrogens is 354 g/mol. The zero-order valence-corrected chi connectivity index (χ0v) is 14.0. The summed E-state index contributed by atoms with van der Waals surface area (Å²) in [6.45, 7) is 0.304. The van der Waals surface area contributed by atoms with E-state index in [1.807, 2.05) is 0 Å². The molecule has 22 heavy (non-hydrogen) atoms. The SMILES string of the molecule is COCc1nn(C)cc1NC(=O)Nc1cc(Br)cnc1OC. The van der Waals surface area contributed by atoms with Gasteiger partial charge in [0.2, 0.25) is 5.88 Å². The van der Waals surface area contributed by atoms with Gasteiger partial charge in [0.05, 0.1) is 19.4 Å². The number of rotatable bonds is 5. The molecule has 118 valence electrons. The van der Waals surface area contributed by atoms with E-state index in [1.54, 1.807) is 37.3 Å². The first-order chi connectivity index (χ1) is 10.5. The standard InChI is InChI=1S/C13H16BrN5O3/c1-19-6-10(11(18-19)7-21-2)17-13(20)16-9-4-8(14)5-15-12(9)22-3/h4-6H,7H2,1-3H3,(H2,16,17,20). The third-order valence-electron chi connectivity index (χ3n) is 2.69. The van der Waals surface area contributed by atoms with Crippen molar-refractivity contribution in [3.8, 4) is 5.88 Å².